The van der Waals surface area contributed by atoms with Crippen LogP contribution in [0.5, 0.6) is 0 Å². The van der Waals surface area contributed by atoms with Gasteiger partial charge in [0.15, 0.2) is 0 Å². The first kappa shape index (κ1) is 14.5. The number of hydrogen-bond donors (Lipinski definition) is 2. The number of nitrogens with one attached hydrogen (secondary N) is 1. The standard InChI is InChI=1S/C17H27NO/c1-13(2)15-7-9-16(10-8-15)17(19)12-18-11-14-5-3-4-6-14/h7-10,13-14,17-19H,3-6,11-12H2,1-2H3. The summed E-state index contributed by atoms with van der Waals surface area (Å²) in [6.45, 7) is 6.10. The summed E-state index contributed by atoms with van der Waals surface area (Å²) in [5, 5.41) is 13.6. The van der Waals surface area contributed by atoms with Gasteiger partial charge in [-0.15, -0.1) is 0 Å². The van der Waals surface area contributed by atoms with Crippen LogP contribution in [0.1, 0.15) is 62.7 Å². The van der Waals surface area contributed by atoms with Crippen molar-refractivity contribution in [1.82, 2.24) is 5.32 Å². The van der Waals surface area contributed by atoms with E-state index in [1.165, 1.54) is 31.2 Å². The van der Waals surface area contributed by atoms with Crippen molar-refractivity contribution in [1.29, 1.82) is 0 Å². The van der Waals surface area contributed by atoms with E-state index in [1.807, 2.05) is 0 Å². The predicted molar refractivity (Wildman–Crippen MR) is 80.3 cm³/mol. The molecule has 1 aliphatic carbocycles. The molecule has 0 aromatic heterocycles. The van der Waals surface area contributed by atoms with Crippen molar-refractivity contribution in [2.75, 3.05) is 13.1 Å². The molecule has 2 rings (SSSR count). The highest BCUT2D eigenvalue weighted by Crippen LogP contribution is 2.24. The van der Waals surface area contributed by atoms with Gasteiger partial charge < -0.3 is 10.4 Å². The highest BCUT2D eigenvalue weighted by atomic mass is 16.3. The quantitative estimate of drug-likeness (QED) is 0.819. The Bertz CT molecular complexity index is 365. The van der Waals surface area contributed by atoms with E-state index in [0.717, 1.165) is 18.0 Å². The molecule has 0 aliphatic heterocycles. The summed E-state index contributed by atoms with van der Waals surface area (Å²) in [7, 11) is 0. The average molecular weight is 261 g/mol. The van der Waals surface area contributed by atoms with Gasteiger partial charge in [0.1, 0.15) is 0 Å². The molecule has 0 spiro atoms. The molecular formula is C17H27NO. The molecule has 0 heterocycles. The summed E-state index contributed by atoms with van der Waals surface area (Å²) in [6.07, 6.45) is 5.08. The monoisotopic (exact) mass is 261 g/mol. The van der Waals surface area contributed by atoms with E-state index in [4.69, 9.17) is 0 Å². The van der Waals surface area contributed by atoms with E-state index in [1.54, 1.807) is 0 Å². The molecule has 1 saturated carbocycles. The van der Waals surface area contributed by atoms with Crippen molar-refractivity contribution < 1.29 is 5.11 Å². The Morgan fingerprint density at radius 1 is 1.11 bits per heavy atom. The van der Waals surface area contributed by atoms with Gasteiger partial charge in [-0.2, -0.15) is 0 Å². The molecule has 0 saturated heterocycles. The maximum Gasteiger partial charge on any atom is 0.0914 e. The lowest BCUT2D eigenvalue weighted by molar-refractivity contribution is 0.173. The first-order valence-corrected chi connectivity index (χ1v) is 7.65. The molecule has 1 aromatic carbocycles. The van der Waals surface area contributed by atoms with Gasteiger partial charge in [0, 0.05) is 6.54 Å². The number of benzene rings is 1. The van der Waals surface area contributed by atoms with Crippen LogP contribution >= 0.6 is 0 Å². The maximum atomic E-state index is 10.2. The van der Waals surface area contributed by atoms with E-state index >= 15 is 0 Å². The molecule has 1 fully saturated rings. The van der Waals surface area contributed by atoms with Crippen LogP contribution in [0, 0.1) is 5.92 Å². The van der Waals surface area contributed by atoms with Gasteiger partial charge in [-0.1, -0.05) is 51.0 Å². The average Bonchev–Trinajstić information content (AvgIpc) is 2.92. The molecule has 1 aliphatic rings. The van der Waals surface area contributed by atoms with Gasteiger partial charge in [0.25, 0.3) is 0 Å². The highest BCUT2D eigenvalue weighted by molar-refractivity contribution is 5.26. The minimum atomic E-state index is -0.386. The lowest BCUT2D eigenvalue weighted by Gasteiger charge is -2.15. The number of aliphatic hydroxyl groups excluding tert-OH is 1. The number of aliphatic hydroxyl groups is 1. The van der Waals surface area contributed by atoms with Crippen LogP contribution in [0.3, 0.4) is 0 Å². The van der Waals surface area contributed by atoms with Gasteiger partial charge in [-0.3, -0.25) is 0 Å². The van der Waals surface area contributed by atoms with Crippen molar-refractivity contribution in [2.45, 2.75) is 51.6 Å². The highest BCUT2D eigenvalue weighted by Gasteiger charge is 2.15. The van der Waals surface area contributed by atoms with E-state index < -0.39 is 0 Å². The van der Waals surface area contributed by atoms with E-state index in [2.05, 4.69) is 43.4 Å². The third-order valence-corrected chi connectivity index (χ3v) is 4.23. The van der Waals surface area contributed by atoms with Crippen LogP contribution in [0.2, 0.25) is 0 Å². The largest absolute Gasteiger partial charge is 0.387 e. The van der Waals surface area contributed by atoms with Crippen LogP contribution in [0.4, 0.5) is 0 Å². The maximum absolute atomic E-state index is 10.2. The molecule has 106 valence electrons. The van der Waals surface area contributed by atoms with Gasteiger partial charge in [-0.25, -0.2) is 0 Å². The molecule has 2 N–H and O–H groups in total. The van der Waals surface area contributed by atoms with E-state index in [9.17, 15) is 5.11 Å². The van der Waals surface area contributed by atoms with Crippen molar-refractivity contribution in [3.63, 3.8) is 0 Å². The summed E-state index contributed by atoms with van der Waals surface area (Å²) >= 11 is 0. The Morgan fingerprint density at radius 3 is 2.26 bits per heavy atom. The van der Waals surface area contributed by atoms with Gasteiger partial charge in [0.05, 0.1) is 6.10 Å². The van der Waals surface area contributed by atoms with Crippen molar-refractivity contribution in [3.8, 4) is 0 Å². The molecule has 1 unspecified atom stereocenters. The molecule has 19 heavy (non-hydrogen) atoms. The Kier molecular flexibility index (Phi) is 5.41. The third kappa shape index (κ3) is 4.32. The zero-order valence-corrected chi connectivity index (χ0v) is 12.2. The summed E-state index contributed by atoms with van der Waals surface area (Å²) in [5.41, 5.74) is 2.35. The van der Waals surface area contributed by atoms with Gasteiger partial charge in [0.2, 0.25) is 0 Å². The molecule has 0 amide bonds. The molecule has 2 heteroatoms. The smallest absolute Gasteiger partial charge is 0.0914 e. The fourth-order valence-electron chi connectivity index (χ4n) is 2.86. The van der Waals surface area contributed by atoms with E-state index in [-0.39, 0.29) is 6.10 Å². The lowest BCUT2D eigenvalue weighted by Crippen LogP contribution is -2.26. The minimum Gasteiger partial charge on any atom is -0.387 e. The van der Waals surface area contributed by atoms with Crippen LogP contribution in [0.25, 0.3) is 0 Å². The minimum absolute atomic E-state index is 0.386. The summed E-state index contributed by atoms with van der Waals surface area (Å²) in [5.74, 6) is 1.38. The Balaban J connectivity index is 1.76. The van der Waals surface area contributed by atoms with Crippen molar-refractivity contribution in [3.05, 3.63) is 35.4 Å². The fraction of sp³-hybridized carbons (Fsp3) is 0.647. The first-order valence-electron chi connectivity index (χ1n) is 7.65. The summed E-state index contributed by atoms with van der Waals surface area (Å²) < 4.78 is 0. The Morgan fingerprint density at radius 2 is 1.68 bits per heavy atom. The molecule has 0 radical (unpaired) electrons. The fourth-order valence-corrected chi connectivity index (χ4v) is 2.86. The zero-order valence-electron chi connectivity index (χ0n) is 12.2. The Labute approximate surface area is 117 Å². The normalized spacial score (nSPS) is 18.1. The van der Waals surface area contributed by atoms with Crippen LogP contribution in [-0.2, 0) is 0 Å². The zero-order chi connectivity index (χ0) is 13.7. The molecule has 0 bridgehead atoms. The summed E-state index contributed by atoms with van der Waals surface area (Å²) in [6, 6.07) is 8.36. The van der Waals surface area contributed by atoms with Crippen molar-refractivity contribution in [2.24, 2.45) is 5.92 Å². The topological polar surface area (TPSA) is 32.3 Å². The molecule has 1 atom stereocenters. The number of rotatable bonds is 6. The molecular weight excluding hydrogens is 234 g/mol. The molecule has 1 aromatic rings. The first-order chi connectivity index (χ1) is 9.16. The molecule has 2 nitrogen and oxygen atoms in total. The predicted octanol–water partition coefficient (Wildman–Crippen LogP) is 3.62. The number of hydrogen-bond acceptors (Lipinski definition) is 2. The lowest BCUT2D eigenvalue weighted by atomic mass is 10.00. The SMILES string of the molecule is CC(C)c1ccc(C(O)CNCC2CCCC2)cc1. The van der Waals surface area contributed by atoms with Crippen molar-refractivity contribution >= 4 is 0 Å². The van der Waals surface area contributed by atoms with Crippen LogP contribution < -0.4 is 5.32 Å². The van der Waals surface area contributed by atoms with Crippen LogP contribution in [-0.4, -0.2) is 18.2 Å². The second-order valence-electron chi connectivity index (χ2n) is 6.15. The van der Waals surface area contributed by atoms with E-state index in [0.29, 0.717) is 12.5 Å². The second kappa shape index (κ2) is 7.06. The van der Waals surface area contributed by atoms with Crippen LogP contribution in [0.15, 0.2) is 24.3 Å². The third-order valence-electron chi connectivity index (χ3n) is 4.23. The second-order valence-corrected chi connectivity index (χ2v) is 6.15. The Hall–Kier alpha value is -0.860. The van der Waals surface area contributed by atoms with Gasteiger partial charge in [-0.05, 0) is 42.3 Å². The van der Waals surface area contributed by atoms with Gasteiger partial charge >= 0.3 is 0 Å². The summed E-state index contributed by atoms with van der Waals surface area (Å²) in [4.78, 5) is 0.